The second kappa shape index (κ2) is 8.32. The van der Waals surface area contributed by atoms with Crippen molar-refractivity contribution in [2.24, 2.45) is 0 Å². The summed E-state index contributed by atoms with van der Waals surface area (Å²) >= 11 is 0. The van der Waals surface area contributed by atoms with Gasteiger partial charge in [0.1, 0.15) is 13.2 Å². The van der Waals surface area contributed by atoms with Crippen LogP contribution in [0.4, 0.5) is 5.69 Å². The lowest BCUT2D eigenvalue weighted by molar-refractivity contribution is 0.0953. The first kappa shape index (κ1) is 18.4. The Bertz CT molecular complexity index is 795. The SMILES string of the molecule is Cl.O=C(NCCc1ccc2c(c1)OCCO2)c1cccc2c1CCCN2. The number of rotatable bonds is 4. The summed E-state index contributed by atoms with van der Waals surface area (Å²) in [5.74, 6) is 1.58. The monoisotopic (exact) mass is 374 g/mol. The third-order valence-corrected chi connectivity index (χ3v) is 4.65. The Morgan fingerprint density at radius 1 is 1.12 bits per heavy atom. The van der Waals surface area contributed by atoms with Gasteiger partial charge in [-0.05, 0) is 54.7 Å². The number of carbonyl (C=O) groups excluding carboxylic acids is 1. The van der Waals surface area contributed by atoms with Crippen molar-refractivity contribution in [1.82, 2.24) is 5.32 Å². The zero-order valence-electron chi connectivity index (χ0n) is 14.5. The van der Waals surface area contributed by atoms with Crippen LogP contribution in [0.15, 0.2) is 36.4 Å². The molecular weight excluding hydrogens is 352 g/mol. The minimum Gasteiger partial charge on any atom is -0.486 e. The number of amides is 1. The molecule has 0 saturated carbocycles. The molecule has 2 aromatic rings. The molecule has 138 valence electrons. The molecule has 0 fully saturated rings. The van der Waals surface area contributed by atoms with Gasteiger partial charge in [0.15, 0.2) is 11.5 Å². The maximum atomic E-state index is 12.6. The van der Waals surface area contributed by atoms with Gasteiger partial charge in [-0.3, -0.25) is 4.79 Å². The third-order valence-electron chi connectivity index (χ3n) is 4.65. The van der Waals surface area contributed by atoms with E-state index >= 15 is 0 Å². The molecule has 2 aliphatic rings. The van der Waals surface area contributed by atoms with Crippen molar-refractivity contribution in [2.75, 3.05) is 31.6 Å². The Balaban J connectivity index is 0.00000196. The summed E-state index contributed by atoms with van der Waals surface area (Å²) in [5.41, 5.74) is 4.13. The second-order valence-electron chi connectivity index (χ2n) is 6.35. The Morgan fingerprint density at radius 2 is 1.96 bits per heavy atom. The molecule has 1 amide bonds. The number of nitrogens with one attached hydrogen (secondary N) is 2. The number of anilines is 1. The molecule has 26 heavy (non-hydrogen) atoms. The first-order chi connectivity index (χ1) is 12.3. The summed E-state index contributed by atoms with van der Waals surface area (Å²) in [6.45, 7) is 2.75. The minimum atomic E-state index is -0.00177. The Kier molecular flexibility index (Phi) is 5.89. The molecule has 4 rings (SSSR count). The Morgan fingerprint density at radius 3 is 2.85 bits per heavy atom. The van der Waals surface area contributed by atoms with E-state index in [1.807, 2.05) is 36.4 Å². The summed E-state index contributed by atoms with van der Waals surface area (Å²) in [6.07, 6.45) is 2.78. The zero-order chi connectivity index (χ0) is 17.1. The second-order valence-corrected chi connectivity index (χ2v) is 6.35. The molecule has 0 saturated heterocycles. The fourth-order valence-electron chi connectivity index (χ4n) is 3.38. The van der Waals surface area contributed by atoms with Crippen molar-refractivity contribution >= 4 is 24.0 Å². The van der Waals surface area contributed by atoms with Gasteiger partial charge in [0.05, 0.1) is 0 Å². The van der Waals surface area contributed by atoms with Gasteiger partial charge in [0, 0.05) is 24.3 Å². The van der Waals surface area contributed by atoms with Crippen molar-refractivity contribution in [3.8, 4) is 11.5 Å². The van der Waals surface area contributed by atoms with Crippen LogP contribution in [0.3, 0.4) is 0 Å². The molecular formula is C20H23ClN2O3. The molecule has 2 aromatic carbocycles. The highest BCUT2D eigenvalue weighted by molar-refractivity contribution is 5.97. The van der Waals surface area contributed by atoms with E-state index in [-0.39, 0.29) is 18.3 Å². The standard InChI is InChI=1S/C20H22N2O3.ClH/c23-20(16-3-1-5-17-15(16)4-2-9-21-17)22-10-8-14-6-7-18-19(13-14)25-12-11-24-18;/h1,3,5-7,13,21H,2,4,8-12H2,(H,22,23);1H. The highest BCUT2D eigenvalue weighted by Crippen LogP contribution is 2.30. The molecule has 0 atom stereocenters. The fourth-order valence-corrected chi connectivity index (χ4v) is 3.38. The largest absolute Gasteiger partial charge is 0.486 e. The highest BCUT2D eigenvalue weighted by atomic mass is 35.5. The normalized spacial score (nSPS) is 14.5. The predicted molar refractivity (Wildman–Crippen MR) is 104 cm³/mol. The maximum Gasteiger partial charge on any atom is 0.251 e. The van der Waals surface area contributed by atoms with Crippen molar-refractivity contribution in [3.05, 3.63) is 53.1 Å². The highest BCUT2D eigenvalue weighted by Gasteiger charge is 2.17. The first-order valence-electron chi connectivity index (χ1n) is 8.84. The van der Waals surface area contributed by atoms with E-state index in [0.717, 1.165) is 59.7 Å². The van der Waals surface area contributed by atoms with Crippen LogP contribution in [0.25, 0.3) is 0 Å². The van der Waals surface area contributed by atoms with E-state index in [2.05, 4.69) is 10.6 Å². The Labute approximate surface area is 159 Å². The summed E-state index contributed by atoms with van der Waals surface area (Å²) in [7, 11) is 0. The molecule has 0 aliphatic carbocycles. The number of hydrogen-bond acceptors (Lipinski definition) is 4. The topological polar surface area (TPSA) is 59.6 Å². The van der Waals surface area contributed by atoms with Crippen molar-refractivity contribution in [2.45, 2.75) is 19.3 Å². The van der Waals surface area contributed by atoms with Crippen LogP contribution in [0.2, 0.25) is 0 Å². The summed E-state index contributed by atoms with van der Waals surface area (Å²) in [4.78, 5) is 12.6. The van der Waals surface area contributed by atoms with Crippen LogP contribution in [0.1, 0.15) is 27.9 Å². The average Bonchev–Trinajstić information content (AvgIpc) is 2.67. The van der Waals surface area contributed by atoms with Crippen LogP contribution in [0, 0.1) is 0 Å². The summed E-state index contributed by atoms with van der Waals surface area (Å²) in [5, 5.41) is 6.40. The number of benzene rings is 2. The van der Waals surface area contributed by atoms with E-state index in [9.17, 15) is 4.79 Å². The lowest BCUT2D eigenvalue weighted by atomic mass is 9.97. The number of ether oxygens (including phenoxy) is 2. The minimum absolute atomic E-state index is 0. The lowest BCUT2D eigenvalue weighted by Crippen LogP contribution is -2.28. The first-order valence-corrected chi connectivity index (χ1v) is 8.84. The van der Waals surface area contributed by atoms with Gasteiger partial charge >= 0.3 is 0 Å². The molecule has 0 radical (unpaired) electrons. The van der Waals surface area contributed by atoms with Crippen molar-refractivity contribution in [1.29, 1.82) is 0 Å². The number of halogens is 1. The van der Waals surface area contributed by atoms with Crippen LogP contribution < -0.4 is 20.1 Å². The van der Waals surface area contributed by atoms with Crippen LogP contribution in [-0.2, 0) is 12.8 Å². The predicted octanol–water partition coefficient (Wildman–Crippen LogP) is 3.21. The van der Waals surface area contributed by atoms with Gasteiger partial charge in [0.2, 0.25) is 0 Å². The quantitative estimate of drug-likeness (QED) is 0.862. The smallest absolute Gasteiger partial charge is 0.251 e. The molecule has 6 heteroatoms. The fraction of sp³-hybridized carbons (Fsp3) is 0.350. The van der Waals surface area contributed by atoms with Gasteiger partial charge in [-0.1, -0.05) is 12.1 Å². The summed E-state index contributed by atoms with van der Waals surface area (Å²) in [6, 6.07) is 11.8. The molecule has 2 heterocycles. The van der Waals surface area contributed by atoms with Crippen LogP contribution >= 0.6 is 12.4 Å². The van der Waals surface area contributed by atoms with E-state index in [1.165, 1.54) is 0 Å². The molecule has 2 aliphatic heterocycles. The molecule has 0 spiro atoms. The van der Waals surface area contributed by atoms with Crippen molar-refractivity contribution in [3.63, 3.8) is 0 Å². The van der Waals surface area contributed by atoms with E-state index < -0.39 is 0 Å². The van der Waals surface area contributed by atoms with E-state index in [4.69, 9.17) is 9.47 Å². The van der Waals surface area contributed by atoms with Crippen LogP contribution in [-0.4, -0.2) is 32.2 Å². The zero-order valence-corrected chi connectivity index (χ0v) is 15.4. The molecule has 0 unspecified atom stereocenters. The summed E-state index contributed by atoms with van der Waals surface area (Å²) < 4.78 is 11.1. The van der Waals surface area contributed by atoms with E-state index in [1.54, 1.807) is 0 Å². The van der Waals surface area contributed by atoms with Gasteiger partial charge in [-0.2, -0.15) is 0 Å². The maximum absolute atomic E-state index is 12.6. The number of hydrogen-bond donors (Lipinski definition) is 2. The van der Waals surface area contributed by atoms with Crippen molar-refractivity contribution < 1.29 is 14.3 Å². The van der Waals surface area contributed by atoms with Gasteiger partial charge in [0.25, 0.3) is 5.91 Å². The average molecular weight is 375 g/mol. The third kappa shape index (κ3) is 3.88. The van der Waals surface area contributed by atoms with Gasteiger partial charge < -0.3 is 20.1 Å². The van der Waals surface area contributed by atoms with Gasteiger partial charge in [-0.15, -0.1) is 12.4 Å². The molecule has 5 nitrogen and oxygen atoms in total. The Hall–Kier alpha value is -2.40. The van der Waals surface area contributed by atoms with Crippen LogP contribution in [0.5, 0.6) is 11.5 Å². The molecule has 2 N–H and O–H groups in total. The lowest BCUT2D eigenvalue weighted by Gasteiger charge is -2.20. The molecule has 0 aromatic heterocycles. The van der Waals surface area contributed by atoms with E-state index in [0.29, 0.717) is 19.8 Å². The number of fused-ring (bicyclic) bond motifs is 2. The number of carbonyl (C=O) groups is 1. The van der Waals surface area contributed by atoms with Gasteiger partial charge in [-0.25, -0.2) is 0 Å². The molecule has 0 bridgehead atoms.